The number of aryl methyl sites for hydroxylation is 6. The van der Waals surface area contributed by atoms with E-state index in [1.54, 1.807) is 27.7 Å². The van der Waals surface area contributed by atoms with Gasteiger partial charge in [0.15, 0.2) is 0 Å². The molecule has 0 bridgehead atoms. The monoisotopic (exact) mass is 514 g/mol. The molecule has 0 heterocycles. The summed E-state index contributed by atoms with van der Waals surface area (Å²) in [6.45, 7) is 10.9. The van der Waals surface area contributed by atoms with Gasteiger partial charge in [-0.15, -0.1) is 0 Å². The summed E-state index contributed by atoms with van der Waals surface area (Å²) in [6.07, 6.45) is 0. The van der Waals surface area contributed by atoms with E-state index < -0.39 is 35.9 Å². The molecule has 0 amide bonds. The van der Waals surface area contributed by atoms with Gasteiger partial charge in [0.25, 0.3) is 0 Å². The third kappa shape index (κ3) is 4.65. The Morgan fingerprint density at radius 3 is 1.30 bits per heavy atom. The molecule has 2 aromatic carbocycles. The van der Waals surface area contributed by atoms with Gasteiger partial charge in [0.1, 0.15) is 0 Å². The molecular weight excluding hydrogens is 492 g/mol. The SMILES string of the molecule is Cc1cc(C)c(I(OS(=O)(=O)C(F)(F)F)c2c(C)cc(C)cc2C)c(C)c1. The maximum absolute atomic E-state index is 13.1. The van der Waals surface area contributed by atoms with Gasteiger partial charge < -0.3 is 0 Å². The van der Waals surface area contributed by atoms with Crippen LogP contribution >= 0.6 is 20.2 Å². The molecule has 0 aromatic heterocycles. The van der Waals surface area contributed by atoms with E-state index in [1.165, 1.54) is 0 Å². The minimum absolute atomic E-state index is 0.590. The van der Waals surface area contributed by atoms with Crippen LogP contribution in [-0.2, 0) is 12.6 Å². The Kier molecular flexibility index (Phi) is 6.33. The number of alkyl halides is 3. The van der Waals surface area contributed by atoms with Crippen LogP contribution in [0.15, 0.2) is 24.3 Å². The van der Waals surface area contributed by atoms with E-state index in [-0.39, 0.29) is 0 Å². The second-order valence-electron chi connectivity index (χ2n) is 6.64. The van der Waals surface area contributed by atoms with Crippen LogP contribution in [0.1, 0.15) is 33.4 Å². The molecule has 0 saturated heterocycles. The van der Waals surface area contributed by atoms with Gasteiger partial charge >= 0.3 is 166 Å². The van der Waals surface area contributed by atoms with Crippen LogP contribution in [0.4, 0.5) is 13.2 Å². The van der Waals surface area contributed by atoms with Crippen LogP contribution in [0, 0.1) is 48.7 Å². The van der Waals surface area contributed by atoms with E-state index in [9.17, 15) is 21.6 Å². The van der Waals surface area contributed by atoms with Crippen molar-refractivity contribution in [3.63, 3.8) is 0 Å². The van der Waals surface area contributed by atoms with Gasteiger partial charge in [0, 0.05) is 0 Å². The summed E-state index contributed by atoms with van der Waals surface area (Å²) in [5.74, 6) is 0. The van der Waals surface area contributed by atoms with Crippen molar-refractivity contribution in [1.29, 1.82) is 0 Å². The Morgan fingerprint density at radius 1 is 0.741 bits per heavy atom. The Bertz CT molecular complexity index is 879. The summed E-state index contributed by atoms with van der Waals surface area (Å²) < 4.78 is 69.1. The third-order valence-corrected chi connectivity index (χ3v) is 12.7. The molecule has 0 unspecified atom stereocenters. The minimum atomic E-state index is -5.71. The van der Waals surface area contributed by atoms with E-state index >= 15 is 0 Å². The van der Waals surface area contributed by atoms with Crippen LogP contribution in [-0.4, -0.2) is 13.9 Å². The van der Waals surface area contributed by atoms with Crippen molar-refractivity contribution >= 4 is 30.4 Å². The van der Waals surface area contributed by atoms with Gasteiger partial charge in [0.05, 0.1) is 0 Å². The number of rotatable bonds is 4. The number of hydrogen-bond donors (Lipinski definition) is 0. The Balaban J connectivity index is 2.80. The Morgan fingerprint density at radius 2 is 1.04 bits per heavy atom. The van der Waals surface area contributed by atoms with Crippen molar-refractivity contribution in [2.45, 2.75) is 47.1 Å². The first-order valence-electron chi connectivity index (χ1n) is 8.11. The van der Waals surface area contributed by atoms with Crippen LogP contribution < -0.4 is 0 Å². The van der Waals surface area contributed by atoms with E-state index in [4.69, 9.17) is 2.51 Å². The summed E-state index contributed by atoms with van der Waals surface area (Å²) in [4.78, 5) is 0. The average Bonchev–Trinajstić information content (AvgIpc) is 2.42. The van der Waals surface area contributed by atoms with Gasteiger partial charge in [-0.3, -0.25) is 0 Å². The van der Waals surface area contributed by atoms with Crippen LogP contribution in [0.3, 0.4) is 0 Å². The fraction of sp³-hybridized carbons (Fsp3) is 0.368. The summed E-state index contributed by atoms with van der Waals surface area (Å²) in [5.41, 5.74) is -0.559. The summed E-state index contributed by atoms with van der Waals surface area (Å²) in [7, 11) is -5.71. The van der Waals surface area contributed by atoms with Crippen molar-refractivity contribution in [3.05, 3.63) is 64.8 Å². The molecule has 2 rings (SSSR count). The van der Waals surface area contributed by atoms with E-state index in [1.807, 2.05) is 38.1 Å². The molecule has 2 aromatic rings. The van der Waals surface area contributed by atoms with Crippen molar-refractivity contribution in [2.24, 2.45) is 0 Å². The van der Waals surface area contributed by atoms with E-state index in [2.05, 4.69) is 0 Å². The third-order valence-electron chi connectivity index (χ3n) is 3.93. The second-order valence-corrected chi connectivity index (χ2v) is 12.8. The number of halogens is 4. The molecule has 150 valence electrons. The molecule has 27 heavy (non-hydrogen) atoms. The Labute approximate surface area is 166 Å². The molecule has 0 aliphatic rings. The van der Waals surface area contributed by atoms with Crippen molar-refractivity contribution in [1.82, 2.24) is 0 Å². The van der Waals surface area contributed by atoms with E-state index in [0.717, 1.165) is 33.4 Å². The predicted octanol–water partition coefficient (Wildman–Crippen LogP) is 5.86. The molecule has 0 fully saturated rings. The van der Waals surface area contributed by atoms with Crippen molar-refractivity contribution in [3.8, 4) is 0 Å². The van der Waals surface area contributed by atoms with Crippen molar-refractivity contribution < 1.29 is 24.1 Å². The van der Waals surface area contributed by atoms with Gasteiger partial charge in [-0.1, -0.05) is 0 Å². The van der Waals surface area contributed by atoms with Gasteiger partial charge in [-0.05, 0) is 0 Å². The molecule has 0 saturated carbocycles. The van der Waals surface area contributed by atoms with Crippen LogP contribution in [0.2, 0.25) is 0 Å². The quantitative estimate of drug-likeness (QED) is 0.379. The van der Waals surface area contributed by atoms with Gasteiger partial charge in [-0.2, -0.15) is 0 Å². The first-order valence-corrected chi connectivity index (χ1v) is 12.6. The topological polar surface area (TPSA) is 43.4 Å². The molecule has 8 heteroatoms. The molecule has 0 radical (unpaired) electrons. The summed E-state index contributed by atoms with van der Waals surface area (Å²) in [6, 6.07) is 7.37. The average molecular weight is 514 g/mol. The molecule has 0 aliphatic heterocycles. The van der Waals surface area contributed by atoms with Gasteiger partial charge in [-0.25, -0.2) is 0 Å². The fourth-order valence-electron chi connectivity index (χ4n) is 3.14. The first kappa shape index (κ1) is 22.2. The van der Waals surface area contributed by atoms with E-state index in [0.29, 0.717) is 7.14 Å². The molecule has 0 N–H and O–H groups in total. The zero-order valence-corrected chi connectivity index (χ0v) is 18.9. The molecule has 0 aliphatic carbocycles. The molecule has 0 spiro atoms. The van der Waals surface area contributed by atoms with Crippen molar-refractivity contribution in [2.75, 3.05) is 0 Å². The number of hydrogen-bond acceptors (Lipinski definition) is 3. The number of benzene rings is 2. The maximum atomic E-state index is 13.1. The zero-order chi connectivity index (χ0) is 20.7. The summed E-state index contributed by atoms with van der Waals surface area (Å²) in [5, 5.41) is 0. The van der Waals surface area contributed by atoms with Crippen LogP contribution in [0.5, 0.6) is 0 Å². The molecule has 0 atom stereocenters. The first-order chi connectivity index (χ1) is 12.2. The fourth-order valence-corrected chi connectivity index (χ4v) is 10.9. The second kappa shape index (κ2) is 7.71. The zero-order valence-electron chi connectivity index (χ0n) is 16.0. The standard InChI is InChI=1S/C19H22F3IO3S/c1-11-7-13(3)17(14(4)8-11)23(26-27(24,25)19(20,21)22)18-15(5)9-12(2)10-16(18)6/h7-10H,1-6H3. The predicted molar refractivity (Wildman–Crippen MR) is 109 cm³/mol. The van der Waals surface area contributed by atoms with Gasteiger partial charge in [0.2, 0.25) is 0 Å². The summed E-state index contributed by atoms with van der Waals surface area (Å²) >= 11 is -3.41. The van der Waals surface area contributed by atoms with Crippen LogP contribution in [0.25, 0.3) is 0 Å². The Hall–Kier alpha value is -1.13. The normalized spacial score (nSPS) is 13.0. The molecule has 3 nitrogen and oxygen atoms in total. The molecular formula is C19H22F3IO3S.